The van der Waals surface area contributed by atoms with Gasteiger partial charge >= 0.3 is 0 Å². The largest absolute Gasteiger partial charge is 0.496 e. The second-order valence-electron chi connectivity index (χ2n) is 4.42. The fourth-order valence-corrected chi connectivity index (χ4v) is 2.38. The Morgan fingerprint density at radius 1 is 1.41 bits per heavy atom. The quantitative estimate of drug-likeness (QED) is 0.800. The van der Waals surface area contributed by atoms with Crippen LogP contribution in [-0.4, -0.2) is 24.6 Å². The fourth-order valence-electron chi connectivity index (χ4n) is 2.38. The highest BCUT2D eigenvalue weighted by atomic mass is 16.5. The molecule has 1 aromatic carbocycles. The van der Waals surface area contributed by atoms with E-state index in [1.165, 1.54) is 12.8 Å². The maximum absolute atomic E-state index is 9.14. The number of methoxy groups -OCH3 is 1. The van der Waals surface area contributed by atoms with Gasteiger partial charge in [-0.15, -0.1) is 0 Å². The van der Waals surface area contributed by atoms with Crippen LogP contribution in [0.4, 0.5) is 0 Å². The predicted molar refractivity (Wildman–Crippen MR) is 66.7 cm³/mol. The Labute approximate surface area is 103 Å². The minimum atomic E-state index is 0.0636. The summed E-state index contributed by atoms with van der Waals surface area (Å²) in [6, 6.07) is 10.5. The van der Waals surface area contributed by atoms with E-state index in [1.807, 2.05) is 18.2 Å². The van der Waals surface area contributed by atoms with E-state index in [9.17, 15) is 0 Å². The molecule has 0 radical (unpaired) electrons. The number of nitriles is 1. The van der Waals surface area contributed by atoms with Gasteiger partial charge < -0.3 is 4.74 Å². The van der Waals surface area contributed by atoms with Crippen molar-refractivity contribution < 1.29 is 4.74 Å². The smallest absolute Gasteiger partial charge is 0.123 e. The van der Waals surface area contributed by atoms with Crippen molar-refractivity contribution >= 4 is 0 Å². The van der Waals surface area contributed by atoms with Gasteiger partial charge in [0.05, 0.1) is 19.2 Å². The number of benzene rings is 1. The van der Waals surface area contributed by atoms with E-state index in [0.29, 0.717) is 0 Å². The summed E-state index contributed by atoms with van der Waals surface area (Å²) < 4.78 is 5.35. The lowest BCUT2D eigenvalue weighted by Gasteiger charge is -2.31. The number of rotatable bonds is 3. The van der Waals surface area contributed by atoms with Gasteiger partial charge in [0.25, 0.3) is 0 Å². The molecule has 1 atom stereocenters. The van der Waals surface area contributed by atoms with Gasteiger partial charge in [0.1, 0.15) is 5.75 Å². The molecule has 17 heavy (non-hydrogen) atoms. The lowest BCUT2D eigenvalue weighted by Crippen LogP contribution is -2.37. The summed E-state index contributed by atoms with van der Waals surface area (Å²) in [4.78, 5) is 2.25. The maximum Gasteiger partial charge on any atom is 0.123 e. The Balaban J connectivity index is 2.11. The molecule has 0 amide bonds. The number of piperidine rings is 1. The summed E-state index contributed by atoms with van der Waals surface area (Å²) >= 11 is 0. The number of para-hydroxylation sites is 1. The molecule has 1 aliphatic rings. The second-order valence-corrected chi connectivity index (χ2v) is 4.42. The molecule has 1 fully saturated rings. The summed E-state index contributed by atoms with van der Waals surface area (Å²) in [6.45, 7) is 1.82. The Hall–Kier alpha value is -1.53. The van der Waals surface area contributed by atoms with Crippen molar-refractivity contribution in [2.45, 2.75) is 31.8 Å². The first-order valence-electron chi connectivity index (χ1n) is 6.10. The van der Waals surface area contributed by atoms with E-state index >= 15 is 0 Å². The van der Waals surface area contributed by atoms with E-state index in [2.05, 4.69) is 17.0 Å². The Morgan fingerprint density at radius 3 is 3.00 bits per heavy atom. The van der Waals surface area contributed by atoms with Gasteiger partial charge in [-0.05, 0) is 31.9 Å². The fraction of sp³-hybridized carbons (Fsp3) is 0.500. The molecule has 0 spiro atoms. The van der Waals surface area contributed by atoms with Crippen molar-refractivity contribution in [3.8, 4) is 11.8 Å². The van der Waals surface area contributed by atoms with Crippen LogP contribution in [0.2, 0.25) is 0 Å². The predicted octanol–water partition coefficient (Wildman–Crippen LogP) is 2.57. The van der Waals surface area contributed by atoms with E-state index in [1.54, 1.807) is 7.11 Å². The minimum absolute atomic E-state index is 0.0636. The number of nitrogens with zero attached hydrogens (tertiary/aromatic N) is 2. The van der Waals surface area contributed by atoms with Crippen molar-refractivity contribution in [1.82, 2.24) is 4.90 Å². The standard InChI is InChI=1S/C14H18N2O/c1-17-14-8-3-2-6-12(14)11-16-9-5-4-7-13(16)10-15/h2-3,6,8,13H,4-5,7,9,11H2,1H3. The van der Waals surface area contributed by atoms with Gasteiger partial charge in [-0.25, -0.2) is 0 Å². The minimum Gasteiger partial charge on any atom is -0.496 e. The van der Waals surface area contributed by atoms with E-state index in [0.717, 1.165) is 30.8 Å². The Bertz CT molecular complexity index is 411. The van der Waals surface area contributed by atoms with Gasteiger partial charge in [-0.3, -0.25) is 4.90 Å². The normalized spacial score (nSPS) is 20.8. The topological polar surface area (TPSA) is 36.3 Å². The summed E-state index contributed by atoms with van der Waals surface area (Å²) in [7, 11) is 1.69. The first kappa shape index (κ1) is 11.9. The molecule has 2 rings (SSSR count). The van der Waals surface area contributed by atoms with Crippen LogP contribution in [0.15, 0.2) is 24.3 Å². The van der Waals surface area contributed by atoms with Gasteiger partial charge in [0.15, 0.2) is 0 Å². The SMILES string of the molecule is COc1ccccc1CN1CCCCC1C#N. The monoisotopic (exact) mass is 230 g/mol. The van der Waals surface area contributed by atoms with Gasteiger partial charge in [0, 0.05) is 12.1 Å². The zero-order valence-corrected chi connectivity index (χ0v) is 10.2. The van der Waals surface area contributed by atoms with Crippen LogP contribution in [0, 0.1) is 11.3 Å². The van der Waals surface area contributed by atoms with Crippen LogP contribution in [0.3, 0.4) is 0 Å². The summed E-state index contributed by atoms with van der Waals surface area (Å²) in [5.74, 6) is 0.912. The zero-order chi connectivity index (χ0) is 12.1. The first-order chi connectivity index (χ1) is 8.35. The Morgan fingerprint density at radius 2 is 2.24 bits per heavy atom. The average Bonchev–Trinajstić information content (AvgIpc) is 2.40. The van der Waals surface area contributed by atoms with Crippen molar-refractivity contribution in [1.29, 1.82) is 5.26 Å². The zero-order valence-electron chi connectivity index (χ0n) is 10.2. The van der Waals surface area contributed by atoms with E-state index in [4.69, 9.17) is 10.00 Å². The van der Waals surface area contributed by atoms with Crippen molar-refractivity contribution in [3.63, 3.8) is 0 Å². The highest BCUT2D eigenvalue weighted by Crippen LogP contribution is 2.23. The molecule has 3 nitrogen and oxygen atoms in total. The maximum atomic E-state index is 9.14. The van der Waals surface area contributed by atoms with Crippen molar-refractivity contribution in [3.05, 3.63) is 29.8 Å². The van der Waals surface area contributed by atoms with Crippen LogP contribution in [0.5, 0.6) is 5.75 Å². The van der Waals surface area contributed by atoms with Crippen LogP contribution in [-0.2, 0) is 6.54 Å². The van der Waals surface area contributed by atoms with Crippen LogP contribution < -0.4 is 4.74 Å². The Kier molecular flexibility index (Phi) is 4.00. The molecule has 3 heteroatoms. The van der Waals surface area contributed by atoms with Gasteiger partial charge in [0.2, 0.25) is 0 Å². The van der Waals surface area contributed by atoms with Gasteiger partial charge in [-0.1, -0.05) is 18.2 Å². The molecular weight excluding hydrogens is 212 g/mol. The molecular formula is C14H18N2O. The number of hydrogen-bond acceptors (Lipinski definition) is 3. The number of hydrogen-bond donors (Lipinski definition) is 0. The highest BCUT2D eigenvalue weighted by molar-refractivity contribution is 5.33. The average molecular weight is 230 g/mol. The summed E-state index contributed by atoms with van der Waals surface area (Å²) in [6.07, 6.45) is 3.35. The van der Waals surface area contributed by atoms with Crippen LogP contribution in [0.25, 0.3) is 0 Å². The summed E-state index contributed by atoms with van der Waals surface area (Å²) in [5.41, 5.74) is 1.16. The number of likely N-dealkylation sites (tertiary alicyclic amines) is 1. The second kappa shape index (κ2) is 5.70. The van der Waals surface area contributed by atoms with Crippen molar-refractivity contribution in [2.75, 3.05) is 13.7 Å². The van der Waals surface area contributed by atoms with E-state index < -0.39 is 0 Å². The first-order valence-corrected chi connectivity index (χ1v) is 6.10. The lowest BCUT2D eigenvalue weighted by atomic mass is 10.0. The van der Waals surface area contributed by atoms with Gasteiger partial charge in [-0.2, -0.15) is 5.26 Å². The molecule has 0 aromatic heterocycles. The molecule has 0 bridgehead atoms. The third-order valence-corrected chi connectivity index (χ3v) is 3.33. The third-order valence-electron chi connectivity index (χ3n) is 3.33. The molecule has 0 saturated carbocycles. The molecule has 1 unspecified atom stereocenters. The van der Waals surface area contributed by atoms with Crippen LogP contribution in [0.1, 0.15) is 24.8 Å². The highest BCUT2D eigenvalue weighted by Gasteiger charge is 2.22. The number of ether oxygens (including phenoxy) is 1. The summed E-state index contributed by atoms with van der Waals surface area (Å²) in [5, 5.41) is 9.14. The van der Waals surface area contributed by atoms with Crippen molar-refractivity contribution in [2.24, 2.45) is 0 Å². The van der Waals surface area contributed by atoms with Crippen LogP contribution >= 0.6 is 0 Å². The molecule has 1 saturated heterocycles. The molecule has 1 aliphatic heterocycles. The molecule has 0 N–H and O–H groups in total. The van der Waals surface area contributed by atoms with E-state index in [-0.39, 0.29) is 6.04 Å². The molecule has 1 aromatic rings. The molecule has 0 aliphatic carbocycles. The molecule has 1 heterocycles. The molecule has 90 valence electrons. The lowest BCUT2D eigenvalue weighted by molar-refractivity contribution is 0.174. The third kappa shape index (κ3) is 2.78.